The minimum atomic E-state index is -0.142. The van der Waals surface area contributed by atoms with Crippen LogP contribution >= 0.6 is 23.4 Å². The van der Waals surface area contributed by atoms with E-state index in [-0.39, 0.29) is 5.56 Å². The molecule has 0 aliphatic heterocycles. The molecule has 5 nitrogen and oxygen atoms in total. The van der Waals surface area contributed by atoms with Gasteiger partial charge in [-0.2, -0.15) is 0 Å². The van der Waals surface area contributed by atoms with E-state index in [9.17, 15) is 4.79 Å². The zero-order chi connectivity index (χ0) is 18.8. The van der Waals surface area contributed by atoms with Crippen molar-refractivity contribution in [1.29, 1.82) is 0 Å². The molecule has 3 heterocycles. The van der Waals surface area contributed by atoms with Crippen molar-refractivity contribution in [2.45, 2.75) is 17.8 Å². The molecule has 0 N–H and O–H groups in total. The lowest BCUT2D eigenvalue weighted by Crippen LogP contribution is -2.22. The maximum atomic E-state index is 13.1. The molecule has 3 aromatic heterocycles. The summed E-state index contributed by atoms with van der Waals surface area (Å²) in [6.07, 6.45) is 3.39. The minimum absolute atomic E-state index is 0.142. The third kappa shape index (κ3) is 3.59. The number of fused-ring (bicyclic) bond motifs is 1. The number of hydrogen-bond donors (Lipinski definition) is 0. The van der Waals surface area contributed by atoms with E-state index >= 15 is 0 Å². The number of halogens is 1. The van der Waals surface area contributed by atoms with Gasteiger partial charge >= 0.3 is 0 Å². The molecule has 0 saturated carbocycles. The highest BCUT2D eigenvalue weighted by Gasteiger charge is 2.15. The number of para-hydroxylation sites is 1. The van der Waals surface area contributed by atoms with Crippen LogP contribution in [0.3, 0.4) is 0 Å². The first-order valence-corrected chi connectivity index (χ1v) is 9.67. The number of aryl methyl sites for hydroxylation is 1. The second-order valence-electron chi connectivity index (χ2n) is 5.99. The zero-order valence-electron chi connectivity index (χ0n) is 14.5. The molecule has 0 atom stereocenters. The molecule has 7 heteroatoms. The van der Waals surface area contributed by atoms with Gasteiger partial charge in [-0.25, -0.2) is 19.5 Å². The van der Waals surface area contributed by atoms with Crippen LogP contribution in [0.15, 0.2) is 70.9 Å². The summed E-state index contributed by atoms with van der Waals surface area (Å²) in [6.45, 7) is 1.96. The van der Waals surface area contributed by atoms with Crippen LogP contribution in [0.5, 0.6) is 0 Å². The molecule has 0 amide bonds. The van der Waals surface area contributed by atoms with E-state index in [4.69, 9.17) is 16.6 Å². The van der Waals surface area contributed by atoms with Crippen molar-refractivity contribution in [3.8, 4) is 5.82 Å². The summed E-state index contributed by atoms with van der Waals surface area (Å²) < 4.78 is 1.55. The topological polar surface area (TPSA) is 60.7 Å². The van der Waals surface area contributed by atoms with Crippen molar-refractivity contribution in [3.05, 3.63) is 87.6 Å². The summed E-state index contributed by atoms with van der Waals surface area (Å²) in [5, 5.41) is 1.58. The number of benzene rings is 1. The number of pyridine rings is 2. The molecule has 4 aromatic rings. The normalized spacial score (nSPS) is 11.0. The lowest BCUT2D eigenvalue weighted by atomic mass is 10.2. The predicted octanol–water partition coefficient (Wildman–Crippen LogP) is 4.43. The van der Waals surface area contributed by atoms with Crippen LogP contribution in [0.4, 0.5) is 0 Å². The Labute approximate surface area is 165 Å². The maximum absolute atomic E-state index is 13.1. The maximum Gasteiger partial charge on any atom is 0.267 e. The predicted molar refractivity (Wildman–Crippen MR) is 109 cm³/mol. The SMILES string of the molecule is Cc1ccc(-n2c(SCc3cccnc3Cl)nc3ccccc3c2=O)nc1. The average Bonchev–Trinajstić information content (AvgIpc) is 2.69. The second kappa shape index (κ2) is 7.50. The minimum Gasteiger partial charge on any atom is -0.268 e. The first-order valence-electron chi connectivity index (χ1n) is 8.30. The Morgan fingerprint density at radius 1 is 1.07 bits per heavy atom. The van der Waals surface area contributed by atoms with E-state index in [1.165, 1.54) is 11.8 Å². The van der Waals surface area contributed by atoms with Gasteiger partial charge in [0.1, 0.15) is 11.0 Å². The summed E-state index contributed by atoms with van der Waals surface area (Å²) >= 11 is 7.60. The van der Waals surface area contributed by atoms with Crippen molar-refractivity contribution in [1.82, 2.24) is 19.5 Å². The van der Waals surface area contributed by atoms with Crippen LogP contribution in [-0.4, -0.2) is 19.5 Å². The van der Waals surface area contributed by atoms with Gasteiger partial charge in [-0.05, 0) is 42.3 Å². The fourth-order valence-electron chi connectivity index (χ4n) is 2.67. The summed E-state index contributed by atoms with van der Waals surface area (Å²) in [7, 11) is 0. The molecule has 4 rings (SSSR count). The smallest absolute Gasteiger partial charge is 0.267 e. The largest absolute Gasteiger partial charge is 0.268 e. The monoisotopic (exact) mass is 394 g/mol. The van der Waals surface area contributed by atoms with E-state index in [1.807, 2.05) is 49.4 Å². The standard InChI is InChI=1S/C20H15ClN4OS/c1-13-8-9-17(23-11-13)25-19(26)15-6-2-3-7-16(15)24-20(25)27-12-14-5-4-10-22-18(14)21/h2-11H,12H2,1H3. The quantitative estimate of drug-likeness (QED) is 0.291. The van der Waals surface area contributed by atoms with Crippen LogP contribution in [0.25, 0.3) is 16.7 Å². The highest BCUT2D eigenvalue weighted by molar-refractivity contribution is 7.98. The molecule has 0 aliphatic carbocycles. The van der Waals surface area contributed by atoms with E-state index in [0.29, 0.717) is 32.8 Å². The van der Waals surface area contributed by atoms with Gasteiger partial charge in [0.2, 0.25) is 0 Å². The summed E-state index contributed by atoms with van der Waals surface area (Å²) in [4.78, 5) is 26.4. The molecule has 0 spiro atoms. The van der Waals surface area contributed by atoms with Crippen molar-refractivity contribution in [2.24, 2.45) is 0 Å². The molecule has 134 valence electrons. The fourth-order valence-corrected chi connectivity index (χ4v) is 3.92. The Bertz CT molecular complexity index is 1170. The van der Waals surface area contributed by atoms with Crippen LogP contribution in [-0.2, 0) is 5.75 Å². The molecule has 0 saturated heterocycles. The van der Waals surface area contributed by atoms with Gasteiger partial charge in [0.05, 0.1) is 10.9 Å². The first kappa shape index (κ1) is 17.7. The number of thioether (sulfide) groups is 1. The van der Waals surface area contributed by atoms with E-state index in [1.54, 1.807) is 23.0 Å². The molecule has 0 bridgehead atoms. The first-order chi connectivity index (χ1) is 13.1. The lowest BCUT2D eigenvalue weighted by Gasteiger charge is -2.13. The second-order valence-corrected chi connectivity index (χ2v) is 7.29. The molecular formula is C20H15ClN4OS. The third-order valence-corrected chi connectivity index (χ3v) is 5.39. The molecule has 1 aromatic carbocycles. The third-order valence-electron chi connectivity index (χ3n) is 4.06. The van der Waals surface area contributed by atoms with Gasteiger partial charge in [-0.1, -0.05) is 47.6 Å². The van der Waals surface area contributed by atoms with Crippen LogP contribution in [0, 0.1) is 6.92 Å². The summed E-state index contributed by atoms with van der Waals surface area (Å²) in [5.74, 6) is 1.09. The number of aromatic nitrogens is 4. The Morgan fingerprint density at radius 2 is 1.93 bits per heavy atom. The van der Waals surface area contributed by atoms with Gasteiger partial charge in [-0.3, -0.25) is 4.79 Å². The molecular weight excluding hydrogens is 380 g/mol. The van der Waals surface area contributed by atoms with Gasteiger partial charge in [0.25, 0.3) is 5.56 Å². The van der Waals surface area contributed by atoms with Crippen molar-refractivity contribution in [2.75, 3.05) is 0 Å². The fraction of sp³-hybridized carbons (Fsp3) is 0.100. The Kier molecular flexibility index (Phi) is 4.92. The van der Waals surface area contributed by atoms with Crippen LogP contribution < -0.4 is 5.56 Å². The van der Waals surface area contributed by atoms with Gasteiger partial charge in [-0.15, -0.1) is 0 Å². The molecule has 0 unspecified atom stereocenters. The Balaban J connectivity index is 1.84. The molecule has 0 radical (unpaired) electrons. The van der Waals surface area contributed by atoms with Crippen molar-refractivity contribution in [3.63, 3.8) is 0 Å². The average molecular weight is 395 g/mol. The summed E-state index contributed by atoms with van der Waals surface area (Å²) in [5.41, 5.74) is 2.43. The van der Waals surface area contributed by atoms with E-state index in [2.05, 4.69) is 9.97 Å². The summed E-state index contributed by atoms with van der Waals surface area (Å²) in [6, 6.07) is 14.8. The molecule has 0 fully saturated rings. The van der Waals surface area contributed by atoms with Gasteiger partial charge in [0, 0.05) is 18.1 Å². The van der Waals surface area contributed by atoms with Gasteiger partial charge < -0.3 is 0 Å². The number of rotatable bonds is 4. The number of nitrogens with zero attached hydrogens (tertiary/aromatic N) is 4. The highest BCUT2D eigenvalue weighted by atomic mass is 35.5. The highest BCUT2D eigenvalue weighted by Crippen LogP contribution is 2.26. The number of hydrogen-bond acceptors (Lipinski definition) is 5. The van der Waals surface area contributed by atoms with Crippen LogP contribution in [0.1, 0.15) is 11.1 Å². The molecule has 27 heavy (non-hydrogen) atoms. The van der Waals surface area contributed by atoms with E-state index < -0.39 is 0 Å². The zero-order valence-corrected chi connectivity index (χ0v) is 16.0. The van der Waals surface area contributed by atoms with E-state index in [0.717, 1.165) is 11.1 Å². The molecule has 0 aliphatic rings. The van der Waals surface area contributed by atoms with Gasteiger partial charge in [0.15, 0.2) is 5.16 Å². The van der Waals surface area contributed by atoms with Crippen molar-refractivity contribution >= 4 is 34.3 Å². The Hall–Kier alpha value is -2.70. The van der Waals surface area contributed by atoms with Crippen LogP contribution in [0.2, 0.25) is 5.15 Å². The Morgan fingerprint density at radius 3 is 2.70 bits per heavy atom. The lowest BCUT2D eigenvalue weighted by molar-refractivity contribution is 0.794. The van der Waals surface area contributed by atoms with Crippen molar-refractivity contribution < 1.29 is 0 Å².